The quantitative estimate of drug-likeness (QED) is 0.613. The molecule has 0 saturated carbocycles. The molecule has 0 aliphatic heterocycles. The van der Waals surface area contributed by atoms with Crippen LogP contribution in [0.4, 0.5) is 11.4 Å². The van der Waals surface area contributed by atoms with Gasteiger partial charge in [-0.05, 0) is 43.6 Å². The number of methoxy groups -OCH3 is 1. The Morgan fingerprint density at radius 1 is 1.56 bits per heavy atom. The van der Waals surface area contributed by atoms with Crippen LogP contribution >= 0.6 is 11.8 Å². The van der Waals surface area contributed by atoms with Crippen LogP contribution in [-0.2, 0) is 4.74 Å². The van der Waals surface area contributed by atoms with E-state index >= 15 is 0 Å². The lowest BCUT2D eigenvalue weighted by molar-refractivity contribution is 0.0601. The smallest absolute Gasteiger partial charge is 0.337 e. The number of carbonyl (C=O) groups excluding carboxylic acids is 1. The molecule has 0 heterocycles. The van der Waals surface area contributed by atoms with Gasteiger partial charge in [0.2, 0.25) is 0 Å². The van der Waals surface area contributed by atoms with Crippen molar-refractivity contribution in [1.29, 1.82) is 0 Å². The number of benzene rings is 1. The Morgan fingerprint density at radius 2 is 2.28 bits per heavy atom. The highest BCUT2D eigenvalue weighted by atomic mass is 32.2. The highest BCUT2D eigenvalue weighted by Crippen LogP contribution is 2.22. The zero-order valence-corrected chi connectivity index (χ0v) is 11.8. The first-order chi connectivity index (χ1) is 8.58. The summed E-state index contributed by atoms with van der Waals surface area (Å²) in [7, 11) is 1.36. The lowest BCUT2D eigenvalue weighted by atomic mass is 10.1. The van der Waals surface area contributed by atoms with E-state index in [9.17, 15) is 4.79 Å². The summed E-state index contributed by atoms with van der Waals surface area (Å²) in [4.78, 5) is 11.3. The normalized spacial score (nSPS) is 11.9. The van der Waals surface area contributed by atoms with E-state index in [1.54, 1.807) is 12.1 Å². The summed E-state index contributed by atoms with van der Waals surface area (Å²) in [5, 5.41) is 3.34. The minimum absolute atomic E-state index is 0.351. The molecule has 1 unspecified atom stereocenters. The fraction of sp³-hybridized carbons (Fsp3) is 0.462. The Hall–Kier alpha value is -1.36. The van der Waals surface area contributed by atoms with Gasteiger partial charge in [0.1, 0.15) is 0 Å². The molecule has 0 aromatic heterocycles. The molecule has 0 saturated heterocycles. The Morgan fingerprint density at radius 3 is 2.83 bits per heavy atom. The van der Waals surface area contributed by atoms with E-state index < -0.39 is 0 Å². The van der Waals surface area contributed by atoms with Gasteiger partial charge in [-0.1, -0.05) is 0 Å². The Labute approximate surface area is 112 Å². The SMILES string of the molecule is COC(=O)c1ccc(NC(C)CCSC)c(N)c1. The lowest BCUT2D eigenvalue weighted by Gasteiger charge is -2.16. The maximum Gasteiger partial charge on any atom is 0.337 e. The average molecular weight is 268 g/mol. The van der Waals surface area contributed by atoms with Crippen LogP contribution in [0.25, 0.3) is 0 Å². The molecular formula is C13H20N2O2S. The maximum atomic E-state index is 11.3. The van der Waals surface area contributed by atoms with Crippen molar-refractivity contribution in [2.24, 2.45) is 0 Å². The van der Waals surface area contributed by atoms with Gasteiger partial charge in [0.15, 0.2) is 0 Å². The van der Waals surface area contributed by atoms with E-state index in [1.807, 2.05) is 17.8 Å². The standard InChI is InChI=1S/C13H20N2O2S/c1-9(6-7-18-3)15-12-5-4-10(8-11(12)14)13(16)17-2/h4-5,8-9,15H,6-7,14H2,1-3H3. The Bertz CT molecular complexity index is 410. The van der Waals surface area contributed by atoms with Crippen LogP contribution in [-0.4, -0.2) is 31.1 Å². The molecule has 3 N–H and O–H groups in total. The highest BCUT2D eigenvalue weighted by molar-refractivity contribution is 7.98. The third kappa shape index (κ3) is 4.14. The van der Waals surface area contributed by atoms with Crippen LogP contribution in [0, 0.1) is 0 Å². The molecule has 1 aromatic rings. The molecule has 5 heteroatoms. The van der Waals surface area contributed by atoms with Crippen LogP contribution in [0.5, 0.6) is 0 Å². The molecule has 0 aliphatic rings. The molecular weight excluding hydrogens is 248 g/mol. The number of carbonyl (C=O) groups is 1. The van der Waals surface area contributed by atoms with Gasteiger partial charge in [-0.3, -0.25) is 0 Å². The van der Waals surface area contributed by atoms with E-state index in [0.717, 1.165) is 17.9 Å². The van der Waals surface area contributed by atoms with E-state index in [0.29, 0.717) is 17.3 Å². The summed E-state index contributed by atoms with van der Waals surface area (Å²) in [6.07, 6.45) is 3.16. The molecule has 0 fully saturated rings. The number of nitrogen functional groups attached to an aromatic ring is 1. The first kappa shape index (κ1) is 14.7. The largest absolute Gasteiger partial charge is 0.465 e. The Kier molecular flexibility index (Phi) is 5.85. The Balaban J connectivity index is 2.70. The summed E-state index contributed by atoms with van der Waals surface area (Å²) in [6, 6.07) is 5.52. The molecule has 0 radical (unpaired) electrons. The molecule has 0 aliphatic carbocycles. The number of nitrogens with one attached hydrogen (secondary N) is 1. The number of hydrogen-bond donors (Lipinski definition) is 2. The van der Waals surface area contributed by atoms with Crippen molar-refractivity contribution in [3.05, 3.63) is 23.8 Å². The molecule has 1 atom stereocenters. The topological polar surface area (TPSA) is 64.3 Å². The van der Waals surface area contributed by atoms with Gasteiger partial charge in [-0.2, -0.15) is 11.8 Å². The van der Waals surface area contributed by atoms with Crippen molar-refractivity contribution >= 4 is 29.1 Å². The summed E-state index contributed by atoms with van der Waals surface area (Å²) in [5.74, 6) is 0.734. The maximum absolute atomic E-state index is 11.3. The van der Waals surface area contributed by atoms with E-state index in [1.165, 1.54) is 7.11 Å². The van der Waals surface area contributed by atoms with Crippen LogP contribution in [0.15, 0.2) is 18.2 Å². The van der Waals surface area contributed by atoms with Gasteiger partial charge in [0.05, 0.1) is 24.0 Å². The molecule has 0 amide bonds. The summed E-state index contributed by atoms with van der Waals surface area (Å²) in [6.45, 7) is 2.11. The molecule has 4 nitrogen and oxygen atoms in total. The molecule has 1 rings (SSSR count). The lowest BCUT2D eigenvalue weighted by Crippen LogP contribution is -2.17. The number of ether oxygens (including phenoxy) is 1. The monoisotopic (exact) mass is 268 g/mol. The van der Waals surface area contributed by atoms with Crippen LogP contribution in [0.3, 0.4) is 0 Å². The fourth-order valence-electron chi connectivity index (χ4n) is 1.57. The minimum Gasteiger partial charge on any atom is -0.465 e. The van der Waals surface area contributed by atoms with Crippen molar-refractivity contribution in [1.82, 2.24) is 0 Å². The van der Waals surface area contributed by atoms with Crippen LogP contribution < -0.4 is 11.1 Å². The summed E-state index contributed by atoms with van der Waals surface area (Å²) < 4.78 is 4.65. The second-order valence-corrected chi connectivity index (χ2v) is 5.11. The van der Waals surface area contributed by atoms with Crippen LogP contribution in [0.1, 0.15) is 23.7 Å². The molecule has 18 heavy (non-hydrogen) atoms. The highest BCUT2D eigenvalue weighted by Gasteiger charge is 2.09. The third-order valence-electron chi connectivity index (χ3n) is 2.63. The van der Waals surface area contributed by atoms with Crippen molar-refractivity contribution < 1.29 is 9.53 Å². The zero-order valence-electron chi connectivity index (χ0n) is 11.0. The average Bonchev–Trinajstić information content (AvgIpc) is 2.37. The van der Waals surface area contributed by atoms with Crippen molar-refractivity contribution in [3.8, 4) is 0 Å². The first-order valence-electron chi connectivity index (χ1n) is 5.81. The number of rotatable bonds is 6. The molecule has 0 bridgehead atoms. The number of esters is 1. The number of nitrogens with two attached hydrogens (primary N) is 1. The zero-order chi connectivity index (χ0) is 13.5. The predicted molar refractivity (Wildman–Crippen MR) is 78.3 cm³/mol. The van der Waals surface area contributed by atoms with E-state index in [2.05, 4.69) is 23.2 Å². The van der Waals surface area contributed by atoms with Crippen molar-refractivity contribution in [2.45, 2.75) is 19.4 Å². The van der Waals surface area contributed by atoms with Crippen molar-refractivity contribution in [2.75, 3.05) is 30.2 Å². The van der Waals surface area contributed by atoms with Gasteiger partial charge >= 0.3 is 5.97 Å². The van der Waals surface area contributed by atoms with Crippen LogP contribution in [0.2, 0.25) is 0 Å². The predicted octanol–water partition coefficient (Wildman–Crippen LogP) is 2.61. The summed E-state index contributed by atoms with van der Waals surface area (Å²) >= 11 is 1.82. The molecule has 100 valence electrons. The van der Waals surface area contributed by atoms with E-state index in [-0.39, 0.29) is 5.97 Å². The van der Waals surface area contributed by atoms with E-state index in [4.69, 9.17) is 5.73 Å². The fourth-order valence-corrected chi connectivity index (χ4v) is 2.16. The summed E-state index contributed by atoms with van der Waals surface area (Å²) in [5.41, 5.74) is 7.81. The third-order valence-corrected chi connectivity index (χ3v) is 3.27. The van der Waals surface area contributed by atoms with Gasteiger partial charge in [0, 0.05) is 6.04 Å². The number of anilines is 2. The number of hydrogen-bond acceptors (Lipinski definition) is 5. The first-order valence-corrected chi connectivity index (χ1v) is 7.21. The minimum atomic E-state index is -0.372. The molecule has 0 spiro atoms. The van der Waals surface area contributed by atoms with Gasteiger partial charge in [0.25, 0.3) is 0 Å². The molecule has 1 aromatic carbocycles. The van der Waals surface area contributed by atoms with Gasteiger partial charge in [-0.15, -0.1) is 0 Å². The second-order valence-electron chi connectivity index (χ2n) is 4.12. The van der Waals surface area contributed by atoms with Gasteiger partial charge in [-0.25, -0.2) is 4.79 Å². The second kappa shape index (κ2) is 7.16. The van der Waals surface area contributed by atoms with Gasteiger partial charge < -0.3 is 15.8 Å². The van der Waals surface area contributed by atoms with Crippen molar-refractivity contribution in [3.63, 3.8) is 0 Å². The number of thioether (sulfide) groups is 1.